The van der Waals surface area contributed by atoms with Gasteiger partial charge in [-0.3, -0.25) is 14.9 Å². The molecule has 8 nitrogen and oxygen atoms in total. The number of nitro benzene ring substituents is 1. The number of hydrogen-bond acceptors (Lipinski definition) is 6. The van der Waals surface area contributed by atoms with E-state index in [2.05, 4.69) is 21.2 Å². The summed E-state index contributed by atoms with van der Waals surface area (Å²) in [6.45, 7) is 0.122. The SMILES string of the molecule is N#Cc1cc([N+](=O)[O-])ccc1NC(=O)c1ccc(COc2ccccc2Br)o1. The number of rotatable bonds is 6. The van der Waals surface area contributed by atoms with Crippen molar-refractivity contribution in [1.29, 1.82) is 5.26 Å². The van der Waals surface area contributed by atoms with Crippen molar-refractivity contribution in [3.05, 3.63) is 86.3 Å². The van der Waals surface area contributed by atoms with Gasteiger partial charge in [0.05, 0.1) is 20.6 Å². The van der Waals surface area contributed by atoms with E-state index in [1.54, 1.807) is 12.1 Å². The Bertz CT molecular complexity index is 1090. The van der Waals surface area contributed by atoms with Crippen LogP contribution in [0.1, 0.15) is 21.9 Å². The van der Waals surface area contributed by atoms with Crippen molar-refractivity contribution >= 4 is 33.2 Å². The molecule has 0 bridgehead atoms. The van der Waals surface area contributed by atoms with Crippen LogP contribution in [0.3, 0.4) is 0 Å². The molecule has 1 heterocycles. The normalized spacial score (nSPS) is 10.1. The molecule has 0 atom stereocenters. The van der Waals surface area contributed by atoms with Crippen molar-refractivity contribution < 1.29 is 18.9 Å². The average molecular weight is 442 g/mol. The summed E-state index contributed by atoms with van der Waals surface area (Å²) in [5.41, 5.74) is -0.105. The molecule has 140 valence electrons. The maximum absolute atomic E-state index is 12.3. The van der Waals surface area contributed by atoms with E-state index in [1.165, 1.54) is 18.2 Å². The maximum atomic E-state index is 12.3. The molecule has 0 aliphatic rings. The Labute approximate surface area is 167 Å². The monoisotopic (exact) mass is 441 g/mol. The van der Waals surface area contributed by atoms with E-state index in [0.29, 0.717) is 11.5 Å². The number of hydrogen-bond donors (Lipinski definition) is 1. The van der Waals surface area contributed by atoms with Gasteiger partial charge >= 0.3 is 0 Å². The highest BCUT2D eigenvalue weighted by Gasteiger charge is 2.16. The Morgan fingerprint density at radius 1 is 1.25 bits per heavy atom. The van der Waals surface area contributed by atoms with Crippen LogP contribution in [0.15, 0.2) is 63.5 Å². The lowest BCUT2D eigenvalue weighted by atomic mass is 10.1. The van der Waals surface area contributed by atoms with Crippen LogP contribution < -0.4 is 10.1 Å². The van der Waals surface area contributed by atoms with Crippen molar-refractivity contribution in [3.8, 4) is 11.8 Å². The Balaban J connectivity index is 1.68. The summed E-state index contributed by atoms with van der Waals surface area (Å²) in [7, 11) is 0. The van der Waals surface area contributed by atoms with Gasteiger partial charge in [0.2, 0.25) is 0 Å². The summed E-state index contributed by atoms with van der Waals surface area (Å²) in [6.07, 6.45) is 0. The number of furan rings is 1. The first-order valence-electron chi connectivity index (χ1n) is 7.94. The molecular weight excluding hydrogens is 430 g/mol. The zero-order valence-electron chi connectivity index (χ0n) is 14.2. The zero-order chi connectivity index (χ0) is 20.1. The fourth-order valence-corrected chi connectivity index (χ4v) is 2.72. The number of nitro groups is 1. The Hall–Kier alpha value is -3.64. The zero-order valence-corrected chi connectivity index (χ0v) is 15.8. The third-order valence-electron chi connectivity index (χ3n) is 3.67. The minimum absolute atomic E-state index is 0.0213. The number of nitrogens with zero attached hydrogens (tertiary/aromatic N) is 2. The molecule has 3 rings (SSSR count). The lowest BCUT2D eigenvalue weighted by molar-refractivity contribution is -0.384. The second-order valence-electron chi connectivity index (χ2n) is 5.54. The van der Waals surface area contributed by atoms with Crippen LogP contribution in [0.2, 0.25) is 0 Å². The minimum atomic E-state index is -0.615. The molecule has 0 unspecified atom stereocenters. The van der Waals surface area contributed by atoms with Gasteiger partial charge < -0.3 is 14.5 Å². The van der Waals surface area contributed by atoms with E-state index >= 15 is 0 Å². The molecule has 0 fully saturated rings. The summed E-state index contributed by atoms with van der Waals surface area (Å²) in [5.74, 6) is 0.505. The van der Waals surface area contributed by atoms with Crippen LogP contribution >= 0.6 is 15.9 Å². The smallest absolute Gasteiger partial charge is 0.291 e. The number of carbonyl (C=O) groups excluding carboxylic acids is 1. The maximum Gasteiger partial charge on any atom is 0.291 e. The van der Waals surface area contributed by atoms with Crippen LogP contribution in [0, 0.1) is 21.4 Å². The summed E-state index contributed by atoms with van der Waals surface area (Å²) >= 11 is 3.37. The molecule has 1 aromatic heterocycles. The largest absolute Gasteiger partial charge is 0.484 e. The highest BCUT2D eigenvalue weighted by atomic mass is 79.9. The third kappa shape index (κ3) is 4.36. The lowest BCUT2D eigenvalue weighted by Gasteiger charge is -2.06. The van der Waals surface area contributed by atoms with E-state index in [-0.39, 0.29) is 29.3 Å². The van der Waals surface area contributed by atoms with Gasteiger partial charge in [-0.2, -0.15) is 5.26 Å². The molecule has 9 heteroatoms. The number of para-hydroxylation sites is 1. The molecule has 1 amide bonds. The number of carbonyl (C=O) groups is 1. The summed E-state index contributed by atoms with van der Waals surface area (Å²) in [6, 6.07) is 15.8. The molecule has 3 aromatic rings. The molecule has 0 aliphatic carbocycles. The first-order chi connectivity index (χ1) is 13.5. The van der Waals surface area contributed by atoms with Gasteiger partial charge in [0.1, 0.15) is 24.2 Å². The van der Waals surface area contributed by atoms with E-state index in [1.807, 2.05) is 24.3 Å². The van der Waals surface area contributed by atoms with Crippen molar-refractivity contribution in [2.24, 2.45) is 0 Å². The van der Waals surface area contributed by atoms with Crippen LogP contribution in [0.4, 0.5) is 11.4 Å². The fraction of sp³-hybridized carbons (Fsp3) is 0.0526. The molecule has 28 heavy (non-hydrogen) atoms. The average Bonchev–Trinajstić information content (AvgIpc) is 3.16. The summed E-state index contributed by atoms with van der Waals surface area (Å²) < 4.78 is 11.9. The summed E-state index contributed by atoms with van der Waals surface area (Å²) in [4.78, 5) is 22.5. The molecule has 2 aromatic carbocycles. The standard InChI is InChI=1S/C19H12BrN3O5/c20-15-3-1-2-4-17(15)27-11-14-6-8-18(28-14)19(24)22-16-7-5-13(23(25)26)9-12(16)10-21/h1-9H,11H2,(H,22,24). The van der Waals surface area contributed by atoms with Crippen LogP contribution in [0.5, 0.6) is 5.75 Å². The van der Waals surface area contributed by atoms with E-state index < -0.39 is 10.8 Å². The van der Waals surface area contributed by atoms with Gasteiger partial charge in [-0.1, -0.05) is 12.1 Å². The Morgan fingerprint density at radius 3 is 2.75 bits per heavy atom. The highest BCUT2D eigenvalue weighted by Crippen LogP contribution is 2.25. The minimum Gasteiger partial charge on any atom is -0.484 e. The second-order valence-corrected chi connectivity index (χ2v) is 6.39. The molecule has 1 N–H and O–H groups in total. The third-order valence-corrected chi connectivity index (χ3v) is 4.33. The molecule has 0 saturated heterocycles. The van der Waals surface area contributed by atoms with Gasteiger partial charge in [-0.15, -0.1) is 0 Å². The van der Waals surface area contributed by atoms with Crippen molar-refractivity contribution in [2.45, 2.75) is 6.61 Å². The van der Waals surface area contributed by atoms with Gasteiger partial charge in [0.15, 0.2) is 5.76 Å². The Morgan fingerprint density at radius 2 is 2.04 bits per heavy atom. The number of nitrogens with one attached hydrogen (secondary N) is 1. The number of non-ortho nitro benzene ring substituents is 1. The van der Waals surface area contributed by atoms with Crippen molar-refractivity contribution in [2.75, 3.05) is 5.32 Å². The van der Waals surface area contributed by atoms with Gasteiger partial charge in [-0.05, 0) is 46.3 Å². The molecule has 0 saturated carbocycles. The quantitative estimate of drug-likeness (QED) is 0.439. The number of ether oxygens (including phenoxy) is 1. The molecular formula is C19H12BrN3O5. The predicted molar refractivity (Wildman–Crippen MR) is 103 cm³/mol. The second kappa shape index (κ2) is 8.37. The predicted octanol–water partition coefficient (Wildman–Crippen LogP) is 4.65. The van der Waals surface area contributed by atoms with Gasteiger partial charge in [0.25, 0.3) is 11.6 Å². The lowest BCUT2D eigenvalue weighted by Crippen LogP contribution is -2.12. The van der Waals surface area contributed by atoms with E-state index in [4.69, 9.17) is 14.4 Å². The van der Waals surface area contributed by atoms with Crippen molar-refractivity contribution in [1.82, 2.24) is 0 Å². The summed E-state index contributed by atoms with van der Waals surface area (Å²) in [5, 5.41) is 22.5. The van der Waals surface area contributed by atoms with Crippen LogP contribution in [0.25, 0.3) is 0 Å². The first-order valence-corrected chi connectivity index (χ1v) is 8.73. The van der Waals surface area contributed by atoms with Crippen molar-refractivity contribution in [3.63, 3.8) is 0 Å². The van der Waals surface area contributed by atoms with Crippen LogP contribution in [-0.4, -0.2) is 10.8 Å². The number of benzene rings is 2. The highest BCUT2D eigenvalue weighted by molar-refractivity contribution is 9.10. The fourth-order valence-electron chi connectivity index (χ4n) is 2.32. The molecule has 0 spiro atoms. The van der Waals surface area contributed by atoms with Gasteiger partial charge in [-0.25, -0.2) is 0 Å². The molecule has 0 radical (unpaired) electrons. The van der Waals surface area contributed by atoms with Gasteiger partial charge in [0, 0.05) is 12.1 Å². The van der Waals surface area contributed by atoms with E-state index in [9.17, 15) is 14.9 Å². The topological polar surface area (TPSA) is 118 Å². The molecule has 0 aliphatic heterocycles. The number of halogens is 1. The van der Waals surface area contributed by atoms with E-state index in [0.717, 1.165) is 10.5 Å². The Kier molecular flexibility index (Phi) is 5.72. The van der Waals surface area contributed by atoms with Crippen LogP contribution in [-0.2, 0) is 6.61 Å². The first kappa shape index (κ1) is 19.1. The number of amides is 1. The number of nitriles is 1. The number of anilines is 1.